The average molecular weight is 376 g/mol. The molecule has 1 amide bonds. The second kappa shape index (κ2) is 7.80. The van der Waals surface area contributed by atoms with Crippen molar-refractivity contribution in [3.8, 4) is 5.69 Å². The molecule has 0 saturated heterocycles. The van der Waals surface area contributed by atoms with E-state index in [1.54, 1.807) is 18.5 Å². The standard InChI is InChI=1S/C21H24N6O/c1-14-12-15(2)20(22-13-14)25-17-7-5-8-18(17)26-21(28)16-6-3-4-9-19(16)27-23-10-11-24-27/h3-4,6,9-13,17-18H,5,7-8H2,1-2H3,(H,22,25)(H,26,28)/t17-,18-/m0/s1. The molecule has 0 unspecified atom stereocenters. The first-order valence-corrected chi connectivity index (χ1v) is 9.58. The number of hydrogen-bond acceptors (Lipinski definition) is 5. The van der Waals surface area contributed by atoms with Gasteiger partial charge in [0.05, 0.1) is 23.6 Å². The van der Waals surface area contributed by atoms with Gasteiger partial charge in [0.1, 0.15) is 5.82 Å². The summed E-state index contributed by atoms with van der Waals surface area (Å²) in [6.07, 6.45) is 8.07. The third-order valence-electron chi connectivity index (χ3n) is 5.15. The van der Waals surface area contributed by atoms with E-state index in [1.807, 2.05) is 31.3 Å². The number of anilines is 1. The minimum atomic E-state index is -0.111. The van der Waals surface area contributed by atoms with Gasteiger partial charge in [-0.15, -0.1) is 0 Å². The molecular formula is C21H24N6O. The molecule has 1 aliphatic rings. The molecule has 2 aromatic heterocycles. The van der Waals surface area contributed by atoms with Crippen molar-refractivity contribution in [2.75, 3.05) is 5.32 Å². The Morgan fingerprint density at radius 2 is 1.86 bits per heavy atom. The van der Waals surface area contributed by atoms with Crippen molar-refractivity contribution in [2.45, 2.75) is 45.2 Å². The Morgan fingerprint density at radius 1 is 1.11 bits per heavy atom. The number of carbonyl (C=O) groups excluding carboxylic acids is 1. The fourth-order valence-electron chi connectivity index (χ4n) is 3.77. The lowest BCUT2D eigenvalue weighted by Crippen LogP contribution is -2.43. The van der Waals surface area contributed by atoms with Crippen LogP contribution in [0.5, 0.6) is 0 Å². The summed E-state index contributed by atoms with van der Waals surface area (Å²) in [4.78, 5) is 19.0. The van der Waals surface area contributed by atoms with E-state index in [-0.39, 0.29) is 18.0 Å². The lowest BCUT2D eigenvalue weighted by Gasteiger charge is -2.24. The van der Waals surface area contributed by atoms with Gasteiger partial charge in [-0.1, -0.05) is 18.2 Å². The lowest BCUT2D eigenvalue weighted by molar-refractivity contribution is 0.0935. The zero-order valence-corrected chi connectivity index (χ0v) is 16.1. The van der Waals surface area contributed by atoms with E-state index >= 15 is 0 Å². The number of aromatic nitrogens is 4. The zero-order chi connectivity index (χ0) is 19.5. The minimum absolute atomic E-state index is 0.0497. The second-order valence-corrected chi connectivity index (χ2v) is 7.28. The largest absolute Gasteiger partial charge is 0.365 e. The average Bonchev–Trinajstić information content (AvgIpc) is 3.36. The van der Waals surface area contributed by atoms with Crippen LogP contribution in [0.4, 0.5) is 5.82 Å². The smallest absolute Gasteiger partial charge is 0.253 e. The molecule has 2 atom stereocenters. The van der Waals surface area contributed by atoms with Gasteiger partial charge in [0, 0.05) is 18.3 Å². The highest BCUT2D eigenvalue weighted by Crippen LogP contribution is 2.25. The molecule has 0 spiro atoms. The predicted octanol–water partition coefficient (Wildman–Crippen LogP) is 3.04. The van der Waals surface area contributed by atoms with E-state index in [4.69, 9.17) is 0 Å². The van der Waals surface area contributed by atoms with Crippen molar-refractivity contribution in [3.05, 3.63) is 65.6 Å². The van der Waals surface area contributed by atoms with Gasteiger partial charge in [0.15, 0.2) is 0 Å². The van der Waals surface area contributed by atoms with Crippen molar-refractivity contribution in [3.63, 3.8) is 0 Å². The highest BCUT2D eigenvalue weighted by atomic mass is 16.1. The molecule has 3 aromatic rings. The van der Waals surface area contributed by atoms with E-state index in [9.17, 15) is 4.79 Å². The lowest BCUT2D eigenvalue weighted by atomic mass is 10.1. The Morgan fingerprint density at radius 3 is 2.64 bits per heavy atom. The Labute approximate surface area is 164 Å². The van der Waals surface area contributed by atoms with Crippen LogP contribution in [0, 0.1) is 13.8 Å². The summed E-state index contributed by atoms with van der Waals surface area (Å²) in [5.41, 5.74) is 3.49. The molecular weight excluding hydrogens is 352 g/mol. The molecule has 28 heavy (non-hydrogen) atoms. The first kappa shape index (κ1) is 18.2. The van der Waals surface area contributed by atoms with E-state index in [2.05, 4.69) is 38.8 Å². The first-order valence-electron chi connectivity index (χ1n) is 9.58. The maximum atomic E-state index is 13.0. The van der Waals surface area contributed by atoms with Crippen molar-refractivity contribution >= 4 is 11.7 Å². The zero-order valence-electron chi connectivity index (χ0n) is 16.1. The normalized spacial score (nSPS) is 18.8. The molecule has 144 valence electrons. The number of pyridine rings is 1. The van der Waals surface area contributed by atoms with Gasteiger partial charge in [-0.2, -0.15) is 15.0 Å². The van der Waals surface area contributed by atoms with Crippen LogP contribution in [0.3, 0.4) is 0 Å². The highest BCUT2D eigenvalue weighted by Gasteiger charge is 2.30. The number of nitrogens with zero attached hydrogens (tertiary/aromatic N) is 4. The molecule has 0 bridgehead atoms. The van der Waals surface area contributed by atoms with Gasteiger partial charge in [-0.25, -0.2) is 4.98 Å². The van der Waals surface area contributed by atoms with Gasteiger partial charge < -0.3 is 10.6 Å². The summed E-state index contributed by atoms with van der Waals surface area (Å²) in [7, 11) is 0. The molecule has 1 saturated carbocycles. The molecule has 1 aliphatic carbocycles. The molecule has 2 N–H and O–H groups in total. The van der Waals surface area contributed by atoms with Gasteiger partial charge >= 0.3 is 0 Å². The third-order valence-corrected chi connectivity index (χ3v) is 5.15. The molecule has 1 aromatic carbocycles. The van der Waals surface area contributed by atoms with Crippen LogP contribution in [0.25, 0.3) is 5.69 Å². The van der Waals surface area contributed by atoms with E-state index in [0.717, 1.165) is 36.2 Å². The number of benzene rings is 1. The number of rotatable bonds is 5. The fourth-order valence-corrected chi connectivity index (χ4v) is 3.77. The summed E-state index contributed by atoms with van der Waals surface area (Å²) in [5, 5.41) is 15.0. The van der Waals surface area contributed by atoms with Gasteiger partial charge in [-0.3, -0.25) is 4.79 Å². The molecule has 7 nitrogen and oxygen atoms in total. The minimum Gasteiger partial charge on any atom is -0.365 e. The Kier molecular flexibility index (Phi) is 5.06. The SMILES string of the molecule is Cc1cnc(N[C@H]2CCC[C@@H]2NC(=O)c2ccccc2-n2nccn2)c(C)c1. The number of aryl methyl sites for hydroxylation is 2. The van der Waals surface area contributed by atoms with Crippen LogP contribution in [0.1, 0.15) is 40.7 Å². The Balaban J connectivity index is 1.50. The van der Waals surface area contributed by atoms with Gasteiger partial charge in [-0.05, 0) is 56.4 Å². The summed E-state index contributed by atoms with van der Waals surface area (Å²) >= 11 is 0. The highest BCUT2D eigenvalue weighted by molar-refractivity contribution is 5.97. The van der Waals surface area contributed by atoms with Gasteiger partial charge in [0.25, 0.3) is 5.91 Å². The maximum Gasteiger partial charge on any atom is 0.253 e. The van der Waals surface area contributed by atoms with Crippen LogP contribution in [-0.2, 0) is 0 Å². The predicted molar refractivity (Wildman–Crippen MR) is 108 cm³/mol. The Hall–Kier alpha value is -3.22. The van der Waals surface area contributed by atoms with E-state index in [0.29, 0.717) is 11.3 Å². The topological polar surface area (TPSA) is 84.7 Å². The van der Waals surface area contributed by atoms with Crippen molar-refractivity contribution in [2.24, 2.45) is 0 Å². The van der Waals surface area contributed by atoms with E-state index < -0.39 is 0 Å². The van der Waals surface area contributed by atoms with E-state index in [1.165, 1.54) is 4.80 Å². The number of carbonyl (C=O) groups is 1. The van der Waals surface area contributed by atoms with Crippen molar-refractivity contribution in [1.82, 2.24) is 25.3 Å². The number of para-hydroxylation sites is 1. The number of hydrogen-bond donors (Lipinski definition) is 2. The van der Waals surface area contributed by atoms with Gasteiger partial charge in [0.2, 0.25) is 0 Å². The molecule has 0 aliphatic heterocycles. The fraction of sp³-hybridized carbons (Fsp3) is 0.333. The van der Waals surface area contributed by atoms with Crippen LogP contribution in [-0.4, -0.2) is 38.0 Å². The summed E-state index contributed by atoms with van der Waals surface area (Å²) in [6.45, 7) is 4.09. The van der Waals surface area contributed by atoms with Crippen molar-refractivity contribution < 1.29 is 4.79 Å². The van der Waals surface area contributed by atoms with Crippen molar-refractivity contribution in [1.29, 1.82) is 0 Å². The molecule has 2 heterocycles. The Bertz CT molecular complexity index is 969. The van der Waals surface area contributed by atoms with Crippen LogP contribution in [0.2, 0.25) is 0 Å². The number of amides is 1. The van der Waals surface area contributed by atoms with Crippen LogP contribution < -0.4 is 10.6 Å². The summed E-state index contributed by atoms with van der Waals surface area (Å²) in [5.74, 6) is 0.776. The quantitative estimate of drug-likeness (QED) is 0.715. The second-order valence-electron chi connectivity index (χ2n) is 7.28. The number of nitrogens with one attached hydrogen (secondary N) is 2. The third kappa shape index (κ3) is 3.74. The molecule has 7 heteroatoms. The van der Waals surface area contributed by atoms with Crippen LogP contribution >= 0.6 is 0 Å². The first-order chi connectivity index (χ1) is 13.6. The summed E-state index contributed by atoms with van der Waals surface area (Å²) in [6, 6.07) is 9.70. The van der Waals surface area contributed by atoms with Crippen LogP contribution in [0.15, 0.2) is 48.9 Å². The summed E-state index contributed by atoms with van der Waals surface area (Å²) < 4.78 is 0. The molecule has 1 fully saturated rings. The monoisotopic (exact) mass is 376 g/mol. The molecule has 0 radical (unpaired) electrons. The maximum absolute atomic E-state index is 13.0. The molecule has 4 rings (SSSR count).